The Kier molecular flexibility index (Phi) is 5.84. The van der Waals surface area contributed by atoms with Crippen molar-refractivity contribution >= 4 is 28.5 Å². The number of hydrogen-bond donors (Lipinski definition) is 2. The number of fused-ring (bicyclic) bond motifs is 1. The van der Waals surface area contributed by atoms with Crippen LogP contribution in [0.2, 0.25) is 5.02 Å². The van der Waals surface area contributed by atoms with Gasteiger partial charge in [0.05, 0.1) is 31.7 Å². The van der Waals surface area contributed by atoms with E-state index in [0.717, 1.165) is 73.1 Å². The lowest BCUT2D eigenvalue weighted by molar-refractivity contribution is -0.906. The van der Waals surface area contributed by atoms with Gasteiger partial charge in [-0.1, -0.05) is 48.0 Å². The zero-order valence-electron chi connectivity index (χ0n) is 17.2. The highest BCUT2D eigenvalue weighted by molar-refractivity contribution is 6.30. The number of quaternary nitrogens is 1. The van der Waals surface area contributed by atoms with Crippen LogP contribution in [0.5, 0.6) is 0 Å². The molecule has 0 bridgehead atoms. The quantitative estimate of drug-likeness (QED) is 0.489. The third kappa shape index (κ3) is 4.28. The molecule has 1 saturated heterocycles. The van der Waals surface area contributed by atoms with Crippen LogP contribution in [0, 0.1) is 0 Å². The smallest absolute Gasteiger partial charge is 0.150 e. The predicted molar refractivity (Wildman–Crippen MR) is 124 cm³/mol. The maximum atomic E-state index is 6.27. The number of nitrogens with one attached hydrogen (secondary N) is 2. The van der Waals surface area contributed by atoms with Gasteiger partial charge >= 0.3 is 0 Å². The fourth-order valence-corrected chi connectivity index (χ4v) is 4.31. The standard InChI is InChI=1S/C24H24ClN5O/c25-19-7-4-8-20(15-19)30-16-21(18-5-2-1-3-6-18)22-23(27-17-28-24(22)30)26-9-10-29-11-13-31-14-12-29/h1-8,15-17H,9-14H2,(H,26,27,28)/p+1. The second-order valence-corrected chi connectivity index (χ2v) is 8.16. The topological polar surface area (TPSA) is 56.4 Å². The Labute approximate surface area is 186 Å². The summed E-state index contributed by atoms with van der Waals surface area (Å²) in [6.07, 6.45) is 3.75. The molecule has 1 fully saturated rings. The van der Waals surface area contributed by atoms with Gasteiger partial charge in [0.25, 0.3) is 0 Å². The zero-order valence-corrected chi connectivity index (χ0v) is 18.0. The summed E-state index contributed by atoms with van der Waals surface area (Å²) in [4.78, 5) is 10.8. The third-order valence-corrected chi connectivity index (χ3v) is 5.96. The Balaban J connectivity index is 1.55. The molecule has 0 unspecified atom stereocenters. The lowest BCUT2D eigenvalue weighted by atomic mass is 10.1. The first kappa shape index (κ1) is 20.0. The van der Waals surface area contributed by atoms with Crippen molar-refractivity contribution in [2.45, 2.75) is 0 Å². The van der Waals surface area contributed by atoms with Crippen LogP contribution in [-0.4, -0.2) is 53.9 Å². The van der Waals surface area contributed by atoms with E-state index >= 15 is 0 Å². The van der Waals surface area contributed by atoms with Crippen LogP contribution in [0.3, 0.4) is 0 Å². The molecule has 6 nitrogen and oxygen atoms in total. The van der Waals surface area contributed by atoms with Crippen LogP contribution >= 0.6 is 11.6 Å². The Morgan fingerprint density at radius 2 is 1.87 bits per heavy atom. The molecule has 2 N–H and O–H groups in total. The van der Waals surface area contributed by atoms with E-state index in [1.54, 1.807) is 11.2 Å². The summed E-state index contributed by atoms with van der Waals surface area (Å²) in [6, 6.07) is 18.2. The summed E-state index contributed by atoms with van der Waals surface area (Å²) in [5.41, 5.74) is 4.06. The average molecular weight is 435 g/mol. The summed E-state index contributed by atoms with van der Waals surface area (Å²) < 4.78 is 7.55. The molecule has 0 radical (unpaired) electrons. The van der Waals surface area contributed by atoms with E-state index in [4.69, 9.17) is 16.3 Å². The number of halogens is 1. The SMILES string of the molecule is Clc1cccc(-n2cc(-c3ccccc3)c3c(NCC[NH+]4CCOCC4)ncnc32)c1. The summed E-state index contributed by atoms with van der Waals surface area (Å²) in [5, 5.41) is 5.28. The van der Waals surface area contributed by atoms with Crippen molar-refractivity contribution in [2.75, 3.05) is 44.7 Å². The second-order valence-electron chi connectivity index (χ2n) is 7.72. The fraction of sp³-hybridized carbons (Fsp3) is 0.250. The van der Waals surface area contributed by atoms with Crippen molar-refractivity contribution in [2.24, 2.45) is 0 Å². The van der Waals surface area contributed by atoms with Gasteiger partial charge in [0.2, 0.25) is 0 Å². The molecule has 31 heavy (non-hydrogen) atoms. The highest BCUT2D eigenvalue weighted by atomic mass is 35.5. The van der Waals surface area contributed by atoms with Crippen molar-refractivity contribution in [1.29, 1.82) is 0 Å². The molecule has 5 rings (SSSR count). The predicted octanol–water partition coefficient (Wildman–Crippen LogP) is 3.07. The molecular weight excluding hydrogens is 410 g/mol. The van der Waals surface area contributed by atoms with Crippen molar-refractivity contribution < 1.29 is 9.64 Å². The molecule has 0 atom stereocenters. The number of ether oxygens (including phenoxy) is 1. The normalized spacial score (nSPS) is 14.7. The van der Waals surface area contributed by atoms with E-state index in [1.165, 1.54) is 0 Å². The van der Waals surface area contributed by atoms with Crippen LogP contribution in [0.15, 0.2) is 67.1 Å². The molecule has 0 amide bonds. The van der Waals surface area contributed by atoms with Gasteiger partial charge < -0.3 is 19.5 Å². The van der Waals surface area contributed by atoms with Gasteiger partial charge in [0, 0.05) is 22.5 Å². The Morgan fingerprint density at radius 3 is 2.68 bits per heavy atom. The van der Waals surface area contributed by atoms with Gasteiger partial charge in [-0.25, -0.2) is 9.97 Å². The van der Waals surface area contributed by atoms with Crippen LogP contribution in [0.25, 0.3) is 27.8 Å². The van der Waals surface area contributed by atoms with Crippen LogP contribution in [0.1, 0.15) is 0 Å². The number of hydrogen-bond acceptors (Lipinski definition) is 4. The fourth-order valence-electron chi connectivity index (χ4n) is 4.12. The Bertz CT molecular complexity index is 1170. The molecule has 2 aromatic carbocycles. The number of rotatable bonds is 6. The van der Waals surface area contributed by atoms with E-state index in [9.17, 15) is 0 Å². The highest BCUT2D eigenvalue weighted by Gasteiger charge is 2.18. The summed E-state index contributed by atoms with van der Waals surface area (Å²) in [5.74, 6) is 0.859. The zero-order chi connectivity index (χ0) is 21.0. The minimum atomic E-state index is 0.696. The molecule has 0 spiro atoms. The average Bonchev–Trinajstić information content (AvgIpc) is 3.21. The van der Waals surface area contributed by atoms with Crippen LogP contribution < -0.4 is 10.2 Å². The molecule has 0 aliphatic carbocycles. The van der Waals surface area contributed by atoms with Crippen LogP contribution in [0.4, 0.5) is 5.82 Å². The van der Waals surface area contributed by atoms with Gasteiger partial charge in [-0.15, -0.1) is 0 Å². The lowest BCUT2D eigenvalue weighted by Crippen LogP contribution is -3.14. The molecule has 0 saturated carbocycles. The van der Waals surface area contributed by atoms with Gasteiger partial charge in [-0.05, 0) is 23.8 Å². The van der Waals surface area contributed by atoms with E-state index in [0.29, 0.717) is 5.02 Å². The molecule has 1 aliphatic rings. The van der Waals surface area contributed by atoms with Crippen molar-refractivity contribution in [3.8, 4) is 16.8 Å². The monoisotopic (exact) mass is 434 g/mol. The molecule has 1 aliphatic heterocycles. The van der Waals surface area contributed by atoms with Crippen molar-refractivity contribution in [3.63, 3.8) is 0 Å². The summed E-state index contributed by atoms with van der Waals surface area (Å²) >= 11 is 6.27. The number of nitrogens with zero attached hydrogens (tertiary/aromatic N) is 3. The first-order valence-corrected chi connectivity index (χ1v) is 11.0. The number of benzene rings is 2. The summed E-state index contributed by atoms with van der Waals surface area (Å²) in [7, 11) is 0. The minimum Gasteiger partial charge on any atom is -0.370 e. The van der Waals surface area contributed by atoms with Crippen LogP contribution in [-0.2, 0) is 4.74 Å². The molecule has 2 aromatic heterocycles. The lowest BCUT2D eigenvalue weighted by Gasteiger charge is -2.23. The second kappa shape index (κ2) is 9.06. The van der Waals surface area contributed by atoms with Gasteiger partial charge in [0.1, 0.15) is 25.2 Å². The minimum absolute atomic E-state index is 0.696. The molecule has 7 heteroatoms. The number of anilines is 1. The van der Waals surface area contributed by atoms with Gasteiger partial charge in [0.15, 0.2) is 5.65 Å². The summed E-state index contributed by atoms with van der Waals surface area (Å²) in [6.45, 7) is 5.67. The maximum absolute atomic E-state index is 6.27. The largest absolute Gasteiger partial charge is 0.370 e. The molecular formula is C24H25ClN5O+. The van der Waals surface area contributed by atoms with Crippen molar-refractivity contribution in [1.82, 2.24) is 14.5 Å². The van der Waals surface area contributed by atoms with Gasteiger partial charge in [-0.3, -0.25) is 0 Å². The Hall–Kier alpha value is -2.93. The Morgan fingerprint density at radius 1 is 1.03 bits per heavy atom. The number of aromatic nitrogens is 3. The maximum Gasteiger partial charge on any atom is 0.150 e. The third-order valence-electron chi connectivity index (χ3n) is 5.73. The van der Waals surface area contributed by atoms with E-state index in [-0.39, 0.29) is 0 Å². The molecule has 4 aromatic rings. The highest BCUT2D eigenvalue weighted by Crippen LogP contribution is 2.35. The van der Waals surface area contributed by atoms with Gasteiger partial charge in [-0.2, -0.15) is 0 Å². The van der Waals surface area contributed by atoms with E-state index in [1.807, 2.05) is 30.3 Å². The molecule has 158 valence electrons. The number of morpholine rings is 1. The first-order chi connectivity index (χ1) is 15.3. The van der Waals surface area contributed by atoms with E-state index in [2.05, 4.69) is 50.3 Å². The van der Waals surface area contributed by atoms with Crippen molar-refractivity contribution in [3.05, 3.63) is 72.1 Å². The first-order valence-electron chi connectivity index (χ1n) is 10.6. The van der Waals surface area contributed by atoms with E-state index < -0.39 is 0 Å². The molecule has 3 heterocycles.